The van der Waals surface area contributed by atoms with Gasteiger partial charge in [0.2, 0.25) is 5.89 Å². The maximum absolute atomic E-state index is 5.93. The van der Waals surface area contributed by atoms with Gasteiger partial charge in [-0.05, 0) is 30.7 Å². The van der Waals surface area contributed by atoms with E-state index in [9.17, 15) is 0 Å². The maximum Gasteiger partial charge on any atom is 0.227 e. The minimum absolute atomic E-state index is 0.454. The fraction of sp³-hybridized carbons (Fsp3) is 0.222. The quantitative estimate of drug-likeness (QED) is 0.780. The third-order valence-corrected chi connectivity index (χ3v) is 4.06. The van der Waals surface area contributed by atoms with Crippen molar-refractivity contribution in [1.29, 1.82) is 0 Å². The molecule has 1 atom stereocenters. The summed E-state index contributed by atoms with van der Waals surface area (Å²) < 4.78 is 5.93. The zero-order valence-electron chi connectivity index (χ0n) is 12.4. The number of hydrogen-bond donors (Lipinski definition) is 1. The molecule has 0 amide bonds. The topological polar surface area (TPSA) is 50.4 Å². The molecular weight excluding hydrogens is 274 g/mol. The van der Waals surface area contributed by atoms with Gasteiger partial charge < -0.3 is 9.84 Å². The van der Waals surface area contributed by atoms with Crippen LogP contribution < -0.4 is 5.43 Å². The summed E-state index contributed by atoms with van der Waals surface area (Å²) in [5.41, 5.74) is 7.94. The molecule has 0 fully saturated rings. The van der Waals surface area contributed by atoms with Crippen LogP contribution in [-0.2, 0) is 0 Å². The van der Waals surface area contributed by atoms with E-state index in [1.165, 1.54) is 0 Å². The van der Waals surface area contributed by atoms with Crippen molar-refractivity contribution in [2.45, 2.75) is 13.3 Å². The van der Waals surface area contributed by atoms with Gasteiger partial charge in [0.25, 0.3) is 0 Å². The standard InChI is InChI=1S/C18H17N3O/c1-12-9-10-19-21-17(12)14-7-8-15-16(11-14)22-18(20-15)13-5-3-2-4-6-13/h2-8,11-12,19H,9-10H2,1H3. The zero-order valence-corrected chi connectivity index (χ0v) is 12.4. The Hall–Kier alpha value is -2.62. The van der Waals surface area contributed by atoms with Crippen LogP contribution in [0.3, 0.4) is 0 Å². The lowest BCUT2D eigenvalue weighted by molar-refractivity contribution is 0.571. The minimum Gasteiger partial charge on any atom is -0.436 e. The third-order valence-electron chi connectivity index (χ3n) is 4.06. The third kappa shape index (κ3) is 2.26. The normalized spacial score (nSPS) is 18.0. The largest absolute Gasteiger partial charge is 0.436 e. The maximum atomic E-state index is 5.93. The van der Waals surface area contributed by atoms with E-state index in [1.807, 2.05) is 42.5 Å². The van der Waals surface area contributed by atoms with Gasteiger partial charge in [0.1, 0.15) is 5.52 Å². The van der Waals surface area contributed by atoms with Crippen LogP contribution in [0.4, 0.5) is 0 Å². The molecule has 4 nitrogen and oxygen atoms in total. The monoisotopic (exact) mass is 291 g/mol. The summed E-state index contributed by atoms with van der Waals surface area (Å²) >= 11 is 0. The van der Waals surface area contributed by atoms with Crippen LogP contribution in [0.1, 0.15) is 18.9 Å². The van der Waals surface area contributed by atoms with Crippen LogP contribution >= 0.6 is 0 Å². The van der Waals surface area contributed by atoms with E-state index < -0.39 is 0 Å². The number of aromatic nitrogens is 1. The summed E-state index contributed by atoms with van der Waals surface area (Å²) in [7, 11) is 0. The van der Waals surface area contributed by atoms with E-state index in [4.69, 9.17) is 4.42 Å². The van der Waals surface area contributed by atoms with Crippen molar-refractivity contribution < 1.29 is 4.42 Å². The Balaban J connectivity index is 1.77. The SMILES string of the molecule is CC1CCNN=C1c1ccc2nc(-c3ccccc3)oc2c1. The smallest absolute Gasteiger partial charge is 0.227 e. The Labute approximate surface area is 128 Å². The highest BCUT2D eigenvalue weighted by atomic mass is 16.3. The van der Waals surface area contributed by atoms with E-state index in [2.05, 4.69) is 28.5 Å². The average molecular weight is 291 g/mol. The van der Waals surface area contributed by atoms with Gasteiger partial charge in [-0.2, -0.15) is 5.10 Å². The van der Waals surface area contributed by atoms with Crippen molar-refractivity contribution in [1.82, 2.24) is 10.4 Å². The predicted octanol–water partition coefficient (Wildman–Crippen LogP) is 3.83. The highest BCUT2D eigenvalue weighted by Crippen LogP contribution is 2.26. The van der Waals surface area contributed by atoms with Crippen molar-refractivity contribution in [2.75, 3.05) is 6.54 Å². The highest BCUT2D eigenvalue weighted by Gasteiger charge is 2.18. The van der Waals surface area contributed by atoms with Crippen molar-refractivity contribution in [3.8, 4) is 11.5 Å². The second kappa shape index (κ2) is 5.30. The second-order valence-electron chi connectivity index (χ2n) is 5.66. The van der Waals surface area contributed by atoms with Gasteiger partial charge in [0, 0.05) is 23.6 Å². The van der Waals surface area contributed by atoms with Crippen LogP contribution in [-0.4, -0.2) is 17.2 Å². The number of hydrogen-bond acceptors (Lipinski definition) is 4. The Bertz CT molecular complexity index is 836. The van der Waals surface area contributed by atoms with Crippen LogP contribution in [0.2, 0.25) is 0 Å². The fourth-order valence-corrected chi connectivity index (χ4v) is 2.81. The number of nitrogens with one attached hydrogen (secondary N) is 1. The molecule has 0 spiro atoms. The molecule has 22 heavy (non-hydrogen) atoms. The van der Waals surface area contributed by atoms with E-state index in [-0.39, 0.29) is 0 Å². The molecular formula is C18H17N3O. The molecule has 1 aromatic heterocycles. The van der Waals surface area contributed by atoms with Gasteiger partial charge >= 0.3 is 0 Å². The first-order chi connectivity index (χ1) is 10.8. The Morgan fingerprint density at radius 2 is 1.95 bits per heavy atom. The van der Waals surface area contributed by atoms with Gasteiger partial charge in [-0.3, -0.25) is 0 Å². The molecule has 2 aromatic carbocycles. The molecule has 4 rings (SSSR count). The molecule has 2 heterocycles. The van der Waals surface area contributed by atoms with Gasteiger partial charge in [-0.25, -0.2) is 4.98 Å². The summed E-state index contributed by atoms with van der Waals surface area (Å²) in [6, 6.07) is 16.1. The van der Waals surface area contributed by atoms with Gasteiger partial charge in [-0.1, -0.05) is 31.2 Å². The Morgan fingerprint density at radius 3 is 2.77 bits per heavy atom. The molecule has 0 bridgehead atoms. The zero-order chi connectivity index (χ0) is 14.9. The summed E-state index contributed by atoms with van der Waals surface area (Å²) in [6.45, 7) is 3.15. The summed E-state index contributed by atoms with van der Waals surface area (Å²) in [5, 5.41) is 4.46. The molecule has 0 radical (unpaired) electrons. The molecule has 0 aliphatic carbocycles. The molecule has 110 valence electrons. The molecule has 1 unspecified atom stereocenters. The molecule has 1 N–H and O–H groups in total. The van der Waals surface area contributed by atoms with Crippen LogP contribution in [0, 0.1) is 5.92 Å². The molecule has 0 saturated heterocycles. The molecule has 4 heteroatoms. The van der Waals surface area contributed by atoms with Crippen molar-refractivity contribution in [3.63, 3.8) is 0 Å². The second-order valence-corrected chi connectivity index (χ2v) is 5.66. The van der Waals surface area contributed by atoms with Crippen molar-refractivity contribution in [3.05, 3.63) is 54.1 Å². The van der Waals surface area contributed by atoms with Crippen molar-refractivity contribution >= 4 is 16.8 Å². The van der Waals surface area contributed by atoms with E-state index in [1.54, 1.807) is 0 Å². The number of benzene rings is 2. The Kier molecular flexibility index (Phi) is 3.15. The number of rotatable bonds is 2. The molecule has 0 saturated carbocycles. The number of hydrazone groups is 1. The van der Waals surface area contributed by atoms with Gasteiger partial charge in [0.05, 0.1) is 5.71 Å². The highest BCUT2D eigenvalue weighted by molar-refractivity contribution is 6.04. The van der Waals surface area contributed by atoms with Crippen LogP contribution in [0.5, 0.6) is 0 Å². The lowest BCUT2D eigenvalue weighted by Crippen LogP contribution is -2.27. The van der Waals surface area contributed by atoms with Gasteiger partial charge in [0.15, 0.2) is 5.58 Å². The lowest BCUT2D eigenvalue weighted by atomic mass is 9.94. The van der Waals surface area contributed by atoms with E-state index in [0.29, 0.717) is 11.8 Å². The fourth-order valence-electron chi connectivity index (χ4n) is 2.81. The first kappa shape index (κ1) is 13.1. The van der Waals surface area contributed by atoms with Crippen LogP contribution in [0.25, 0.3) is 22.6 Å². The predicted molar refractivity (Wildman–Crippen MR) is 87.8 cm³/mol. The number of nitrogens with zero attached hydrogens (tertiary/aromatic N) is 2. The summed E-state index contributed by atoms with van der Waals surface area (Å²) in [5.74, 6) is 1.11. The first-order valence-electron chi connectivity index (χ1n) is 7.58. The van der Waals surface area contributed by atoms with E-state index in [0.717, 1.165) is 40.9 Å². The summed E-state index contributed by atoms with van der Waals surface area (Å²) in [4.78, 5) is 4.57. The number of oxazole rings is 1. The molecule has 1 aliphatic rings. The Morgan fingerprint density at radius 1 is 1.09 bits per heavy atom. The summed E-state index contributed by atoms with van der Waals surface area (Å²) in [6.07, 6.45) is 1.10. The van der Waals surface area contributed by atoms with Gasteiger partial charge in [-0.15, -0.1) is 0 Å². The molecule has 3 aromatic rings. The first-order valence-corrected chi connectivity index (χ1v) is 7.58. The number of fused-ring (bicyclic) bond motifs is 1. The lowest BCUT2D eigenvalue weighted by Gasteiger charge is -2.19. The van der Waals surface area contributed by atoms with Crippen molar-refractivity contribution in [2.24, 2.45) is 11.0 Å². The average Bonchev–Trinajstić information content (AvgIpc) is 2.99. The van der Waals surface area contributed by atoms with Crippen LogP contribution in [0.15, 0.2) is 58.0 Å². The van der Waals surface area contributed by atoms with E-state index >= 15 is 0 Å². The molecule has 1 aliphatic heterocycles. The minimum atomic E-state index is 0.454.